The molecule has 0 spiro atoms. The molecule has 0 saturated carbocycles. The molecule has 0 saturated heterocycles. The highest BCUT2D eigenvalue weighted by molar-refractivity contribution is 5.85. The van der Waals surface area contributed by atoms with E-state index in [1.165, 1.54) is 16.7 Å². The Hall–Kier alpha value is -1.59. The lowest BCUT2D eigenvalue weighted by atomic mass is 9.92. The molecule has 0 aliphatic rings. The first-order valence-electron chi connectivity index (χ1n) is 10.4. The third-order valence-corrected chi connectivity index (χ3v) is 4.74. The lowest BCUT2D eigenvalue weighted by molar-refractivity contribution is -0.145. The van der Waals surface area contributed by atoms with Gasteiger partial charge in [-0.2, -0.15) is 5.48 Å². The quantitative estimate of drug-likeness (QED) is 0.374. The maximum absolute atomic E-state index is 6.22. The SMILES string of the molecule is CC(C)Cc1cccc(OC(C)ONC(C)(C)c2ccccc2)c1CC(C)C.Cl.O. The van der Waals surface area contributed by atoms with E-state index >= 15 is 0 Å². The molecule has 5 heteroatoms. The monoisotopic (exact) mass is 437 g/mol. The average molecular weight is 438 g/mol. The Balaban J connectivity index is 0.00000420. The summed E-state index contributed by atoms with van der Waals surface area (Å²) in [4.78, 5) is 5.87. The van der Waals surface area contributed by atoms with E-state index in [0.717, 1.165) is 18.6 Å². The number of halogens is 1. The second-order valence-electron chi connectivity index (χ2n) is 8.99. The molecule has 0 aliphatic heterocycles. The second kappa shape index (κ2) is 13.0. The zero-order valence-electron chi connectivity index (χ0n) is 19.5. The van der Waals surface area contributed by atoms with Crippen molar-refractivity contribution in [2.75, 3.05) is 0 Å². The lowest BCUT2D eigenvalue weighted by Gasteiger charge is -2.29. The highest BCUT2D eigenvalue weighted by Gasteiger charge is 2.22. The minimum atomic E-state index is -0.400. The zero-order valence-corrected chi connectivity index (χ0v) is 20.3. The van der Waals surface area contributed by atoms with Gasteiger partial charge >= 0.3 is 0 Å². The van der Waals surface area contributed by atoms with Gasteiger partial charge in [0.2, 0.25) is 6.29 Å². The largest absolute Gasteiger partial charge is 0.463 e. The minimum absolute atomic E-state index is 0. The number of hydrogen-bond donors (Lipinski definition) is 1. The fraction of sp³-hybridized carbons (Fsp3) is 0.520. The standard InChI is InChI=1S/C25H37NO2.ClH.H2O/c1-18(2)16-21-12-11-15-24(23(21)17-19(3)4)27-20(5)28-26-25(6,7)22-13-9-8-10-14-22;;/h8-15,18-20,26H,16-17H2,1-7H3;1H;1H2. The molecule has 0 aromatic heterocycles. The topological polar surface area (TPSA) is 62.0 Å². The zero-order chi connectivity index (χ0) is 20.7. The molecular formula is C25H40ClNO3. The molecule has 30 heavy (non-hydrogen) atoms. The van der Waals surface area contributed by atoms with Crippen molar-refractivity contribution >= 4 is 12.4 Å². The first kappa shape index (κ1) is 28.4. The molecule has 0 radical (unpaired) electrons. The first-order valence-corrected chi connectivity index (χ1v) is 10.4. The number of hydrogen-bond acceptors (Lipinski definition) is 3. The van der Waals surface area contributed by atoms with Crippen LogP contribution in [0.1, 0.15) is 65.2 Å². The van der Waals surface area contributed by atoms with Crippen LogP contribution in [0.25, 0.3) is 0 Å². The number of rotatable bonds is 10. The molecule has 2 aromatic rings. The molecule has 0 fully saturated rings. The van der Waals surface area contributed by atoms with Crippen LogP contribution in [-0.2, 0) is 23.2 Å². The van der Waals surface area contributed by atoms with E-state index in [0.29, 0.717) is 11.8 Å². The Morgan fingerprint density at radius 2 is 1.43 bits per heavy atom. The summed E-state index contributed by atoms with van der Waals surface area (Å²) in [6.45, 7) is 15.1. The smallest absolute Gasteiger partial charge is 0.215 e. The number of hydroxylamine groups is 1. The molecule has 170 valence electrons. The predicted octanol–water partition coefficient (Wildman–Crippen LogP) is 5.86. The van der Waals surface area contributed by atoms with Gasteiger partial charge < -0.3 is 10.2 Å². The van der Waals surface area contributed by atoms with Gasteiger partial charge in [-0.3, -0.25) is 4.84 Å². The van der Waals surface area contributed by atoms with Crippen molar-refractivity contribution in [1.82, 2.24) is 5.48 Å². The van der Waals surface area contributed by atoms with E-state index in [-0.39, 0.29) is 23.4 Å². The van der Waals surface area contributed by atoms with Crippen LogP contribution in [0.15, 0.2) is 48.5 Å². The molecule has 2 rings (SSSR count). The third kappa shape index (κ3) is 8.65. The van der Waals surface area contributed by atoms with E-state index in [1.807, 2.05) is 25.1 Å². The summed E-state index contributed by atoms with van der Waals surface area (Å²) in [7, 11) is 0. The molecule has 3 N–H and O–H groups in total. The summed E-state index contributed by atoms with van der Waals surface area (Å²) in [5.41, 5.74) is 6.73. The Labute approximate surface area is 189 Å². The van der Waals surface area contributed by atoms with Crippen LogP contribution in [0.2, 0.25) is 0 Å². The van der Waals surface area contributed by atoms with Crippen molar-refractivity contribution in [3.05, 3.63) is 65.2 Å². The Morgan fingerprint density at radius 1 is 0.833 bits per heavy atom. The molecule has 2 aromatic carbocycles. The van der Waals surface area contributed by atoms with E-state index in [1.54, 1.807) is 0 Å². The molecular weight excluding hydrogens is 398 g/mol. The van der Waals surface area contributed by atoms with E-state index < -0.39 is 6.29 Å². The maximum atomic E-state index is 6.22. The van der Waals surface area contributed by atoms with E-state index in [9.17, 15) is 0 Å². The van der Waals surface area contributed by atoms with Gasteiger partial charge in [0.1, 0.15) is 5.75 Å². The second-order valence-corrected chi connectivity index (χ2v) is 8.99. The average Bonchev–Trinajstić information content (AvgIpc) is 2.63. The highest BCUT2D eigenvalue weighted by Crippen LogP contribution is 2.28. The van der Waals surface area contributed by atoms with Crippen molar-refractivity contribution in [3.8, 4) is 5.75 Å². The molecule has 1 unspecified atom stereocenters. The highest BCUT2D eigenvalue weighted by atomic mass is 35.5. The van der Waals surface area contributed by atoms with Crippen molar-refractivity contribution in [1.29, 1.82) is 0 Å². The van der Waals surface area contributed by atoms with Gasteiger partial charge in [-0.1, -0.05) is 70.2 Å². The molecule has 1 atom stereocenters. The van der Waals surface area contributed by atoms with Crippen molar-refractivity contribution in [2.45, 2.75) is 73.1 Å². The lowest BCUT2D eigenvalue weighted by Crippen LogP contribution is -2.40. The van der Waals surface area contributed by atoms with Crippen LogP contribution in [0, 0.1) is 11.8 Å². The summed E-state index contributed by atoms with van der Waals surface area (Å²) in [5, 5.41) is 0. The Bertz CT molecular complexity index is 732. The van der Waals surface area contributed by atoms with Gasteiger partial charge in [-0.25, -0.2) is 0 Å². The van der Waals surface area contributed by atoms with Gasteiger partial charge in [0.05, 0.1) is 5.54 Å². The number of nitrogens with one attached hydrogen (secondary N) is 1. The normalized spacial score (nSPS) is 12.3. The van der Waals surface area contributed by atoms with Crippen LogP contribution in [0.3, 0.4) is 0 Å². The number of benzene rings is 2. The summed E-state index contributed by atoms with van der Waals surface area (Å²) in [6.07, 6.45) is 1.67. The van der Waals surface area contributed by atoms with Crippen LogP contribution >= 0.6 is 12.4 Å². The van der Waals surface area contributed by atoms with Crippen molar-refractivity contribution < 1.29 is 15.1 Å². The van der Waals surface area contributed by atoms with Gasteiger partial charge in [0.25, 0.3) is 0 Å². The summed E-state index contributed by atoms with van der Waals surface area (Å²) in [6, 6.07) is 16.7. The summed E-state index contributed by atoms with van der Waals surface area (Å²) in [5.74, 6) is 2.11. The number of ether oxygens (including phenoxy) is 1. The maximum Gasteiger partial charge on any atom is 0.215 e. The van der Waals surface area contributed by atoms with Crippen molar-refractivity contribution in [3.63, 3.8) is 0 Å². The fourth-order valence-corrected chi connectivity index (χ4v) is 3.34. The molecule has 0 amide bonds. The molecule has 0 aliphatic carbocycles. The van der Waals surface area contributed by atoms with Crippen LogP contribution in [0.5, 0.6) is 5.75 Å². The first-order chi connectivity index (χ1) is 13.2. The van der Waals surface area contributed by atoms with Gasteiger partial charge in [0.15, 0.2) is 0 Å². The fourth-order valence-electron chi connectivity index (χ4n) is 3.34. The van der Waals surface area contributed by atoms with Gasteiger partial charge in [0, 0.05) is 0 Å². The van der Waals surface area contributed by atoms with Crippen LogP contribution < -0.4 is 10.2 Å². The van der Waals surface area contributed by atoms with E-state index in [4.69, 9.17) is 9.57 Å². The Morgan fingerprint density at radius 3 is 2.00 bits per heavy atom. The van der Waals surface area contributed by atoms with Crippen LogP contribution in [-0.4, -0.2) is 11.8 Å². The molecule has 4 nitrogen and oxygen atoms in total. The van der Waals surface area contributed by atoms with Crippen LogP contribution in [0.4, 0.5) is 0 Å². The predicted molar refractivity (Wildman–Crippen MR) is 128 cm³/mol. The van der Waals surface area contributed by atoms with E-state index in [2.05, 4.69) is 77.4 Å². The molecule has 0 bridgehead atoms. The molecule has 0 heterocycles. The Kier molecular flexibility index (Phi) is 12.3. The van der Waals surface area contributed by atoms with Gasteiger partial charge in [-0.05, 0) is 68.2 Å². The summed E-state index contributed by atoms with van der Waals surface area (Å²) < 4.78 is 6.22. The van der Waals surface area contributed by atoms with Crippen molar-refractivity contribution in [2.24, 2.45) is 11.8 Å². The van der Waals surface area contributed by atoms with Gasteiger partial charge in [-0.15, -0.1) is 12.4 Å². The third-order valence-electron chi connectivity index (χ3n) is 4.74. The summed E-state index contributed by atoms with van der Waals surface area (Å²) >= 11 is 0. The minimum Gasteiger partial charge on any atom is -0.463 e.